The summed E-state index contributed by atoms with van der Waals surface area (Å²) in [6, 6.07) is -0.605. The topological polar surface area (TPSA) is 41.1 Å². The normalized spacial score (nSPS) is 17.8. The van der Waals surface area contributed by atoms with E-state index >= 15 is 0 Å². The Morgan fingerprint density at radius 2 is 2.16 bits per heavy atom. The van der Waals surface area contributed by atoms with Crippen molar-refractivity contribution in [2.24, 2.45) is 0 Å². The molecular formula is C13H21F3N2O. The molecule has 0 heterocycles. The Hall–Kier alpha value is -1.04. The van der Waals surface area contributed by atoms with Gasteiger partial charge in [0.15, 0.2) is 0 Å². The first-order chi connectivity index (χ1) is 8.88. The molecule has 0 aromatic heterocycles. The summed E-state index contributed by atoms with van der Waals surface area (Å²) < 4.78 is 35.8. The van der Waals surface area contributed by atoms with Gasteiger partial charge in [-0.25, -0.2) is 0 Å². The number of alkyl halides is 3. The van der Waals surface area contributed by atoms with E-state index in [2.05, 4.69) is 11.4 Å². The van der Waals surface area contributed by atoms with Gasteiger partial charge < -0.3 is 10.6 Å². The van der Waals surface area contributed by atoms with Gasteiger partial charge in [0.1, 0.15) is 6.54 Å². The van der Waals surface area contributed by atoms with Crippen LogP contribution in [0.3, 0.4) is 0 Å². The molecule has 0 aliphatic heterocycles. The fourth-order valence-electron chi connectivity index (χ4n) is 2.01. The Morgan fingerprint density at radius 1 is 1.42 bits per heavy atom. The molecule has 1 unspecified atom stereocenters. The van der Waals surface area contributed by atoms with Gasteiger partial charge in [0, 0.05) is 0 Å². The van der Waals surface area contributed by atoms with Gasteiger partial charge in [-0.2, -0.15) is 13.2 Å². The summed E-state index contributed by atoms with van der Waals surface area (Å²) in [7, 11) is 0. The second kappa shape index (κ2) is 7.53. The van der Waals surface area contributed by atoms with Crippen molar-refractivity contribution in [2.75, 3.05) is 13.1 Å². The Balaban J connectivity index is 2.17. The van der Waals surface area contributed by atoms with E-state index in [1.807, 2.05) is 5.32 Å². The minimum Gasteiger partial charge on any atom is -0.346 e. The first kappa shape index (κ1) is 16.0. The van der Waals surface area contributed by atoms with Crippen LogP contribution >= 0.6 is 0 Å². The largest absolute Gasteiger partial charge is 0.405 e. The molecule has 0 radical (unpaired) electrons. The van der Waals surface area contributed by atoms with Crippen LogP contribution in [0.25, 0.3) is 0 Å². The first-order valence-electron chi connectivity index (χ1n) is 6.64. The van der Waals surface area contributed by atoms with E-state index in [4.69, 9.17) is 0 Å². The summed E-state index contributed by atoms with van der Waals surface area (Å²) in [5.41, 5.74) is 1.38. The fourth-order valence-corrected chi connectivity index (χ4v) is 2.01. The molecule has 1 atom stereocenters. The third-order valence-corrected chi connectivity index (χ3v) is 3.14. The standard InChI is InChI=1S/C13H21F3N2O/c1-10(12(19)18-9-13(14,15)16)17-8-7-11-5-3-2-4-6-11/h5,10,17H,2-4,6-9H2,1H3,(H,18,19). The van der Waals surface area contributed by atoms with E-state index in [9.17, 15) is 18.0 Å². The molecule has 1 aliphatic rings. The maximum Gasteiger partial charge on any atom is 0.405 e. The number of amides is 1. The Labute approximate surface area is 111 Å². The highest BCUT2D eigenvalue weighted by Crippen LogP contribution is 2.19. The maximum atomic E-state index is 11.9. The number of hydrogen-bond donors (Lipinski definition) is 2. The van der Waals surface area contributed by atoms with Crippen molar-refractivity contribution in [3.63, 3.8) is 0 Å². The average Bonchev–Trinajstić information content (AvgIpc) is 2.36. The van der Waals surface area contributed by atoms with Gasteiger partial charge in [-0.3, -0.25) is 4.79 Å². The number of allylic oxidation sites excluding steroid dienone is 1. The van der Waals surface area contributed by atoms with Crippen molar-refractivity contribution in [1.82, 2.24) is 10.6 Å². The fraction of sp³-hybridized carbons (Fsp3) is 0.769. The zero-order valence-corrected chi connectivity index (χ0v) is 11.1. The lowest BCUT2D eigenvalue weighted by Gasteiger charge is -2.17. The smallest absolute Gasteiger partial charge is 0.346 e. The monoisotopic (exact) mass is 278 g/mol. The molecular weight excluding hydrogens is 257 g/mol. The Bertz CT molecular complexity index is 326. The molecule has 3 nitrogen and oxygen atoms in total. The Kier molecular flexibility index (Phi) is 6.34. The third-order valence-electron chi connectivity index (χ3n) is 3.14. The SMILES string of the molecule is CC(NCCC1=CCCCC1)C(=O)NCC(F)(F)F. The second-order valence-corrected chi connectivity index (χ2v) is 4.87. The molecule has 19 heavy (non-hydrogen) atoms. The number of carbonyl (C=O) groups excluding carboxylic acids is 1. The van der Waals surface area contributed by atoms with E-state index in [0.29, 0.717) is 6.54 Å². The number of carbonyl (C=O) groups is 1. The van der Waals surface area contributed by atoms with Crippen molar-refractivity contribution >= 4 is 5.91 Å². The highest BCUT2D eigenvalue weighted by Gasteiger charge is 2.28. The molecule has 0 saturated heterocycles. The molecule has 0 aromatic rings. The van der Waals surface area contributed by atoms with Gasteiger partial charge in [-0.05, 0) is 45.6 Å². The average molecular weight is 278 g/mol. The van der Waals surface area contributed by atoms with Crippen molar-refractivity contribution in [2.45, 2.75) is 51.2 Å². The zero-order valence-electron chi connectivity index (χ0n) is 11.1. The van der Waals surface area contributed by atoms with Gasteiger partial charge >= 0.3 is 6.18 Å². The minimum atomic E-state index is -4.36. The number of nitrogens with one attached hydrogen (secondary N) is 2. The molecule has 0 bridgehead atoms. The molecule has 0 spiro atoms. The van der Waals surface area contributed by atoms with E-state index in [0.717, 1.165) is 19.3 Å². The lowest BCUT2D eigenvalue weighted by Crippen LogP contribution is -2.45. The summed E-state index contributed by atoms with van der Waals surface area (Å²) in [5.74, 6) is -0.616. The van der Waals surface area contributed by atoms with Crippen molar-refractivity contribution in [1.29, 1.82) is 0 Å². The van der Waals surface area contributed by atoms with Gasteiger partial charge in [0.05, 0.1) is 6.04 Å². The van der Waals surface area contributed by atoms with Crippen molar-refractivity contribution in [3.05, 3.63) is 11.6 Å². The molecule has 0 fully saturated rings. The van der Waals surface area contributed by atoms with E-state index < -0.39 is 24.7 Å². The Morgan fingerprint density at radius 3 is 2.74 bits per heavy atom. The summed E-state index contributed by atoms with van der Waals surface area (Å²) in [6.07, 6.45) is 3.35. The molecule has 2 N–H and O–H groups in total. The lowest BCUT2D eigenvalue weighted by molar-refractivity contribution is -0.139. The van der Waals surface area contributed by atoms with E-state index in [1.54, 1.807) is 6.92 Å². The van der Waals surface area contributed by atoms with Crippen molar-refractivity contribution in [3.8, 4) is 0 Å². The van der Waals surface area contributed by atoms with Crippen LogP contribution in [-0.4, -0.2) is 31.2 Å². The summed E-state index contributed by atoms with van der Waals surface area (Å²) in [6.45, 7) is 0.913. The van der Waals surface area contributed by atoms with Crippen LogP contribution in [0.2, 0.25) is 0 Å². The van der Waals surface area contributed by atoms with Crippen LogP contribution in [0.4, 0.5) is 13.2 Å². The van der Waals surface area contributed by atoms with Crippen LogP contribution in [0.5, 0.6) is 0 Å². The molecule has 6 heteroatoms. The van der Waals surface area contributed by atoms with Crippen LogP contribution in [0, 0.1) is 0 Å². The van der Waals surface area contributed by atoms with Crippen LogP contribution in [-0.2, 0) is 4.79 Å². The molecule has 110 valence electrons. The second-order valence-electron chi connectivity index (χ2n) is 4.87. The zero-order chi connectivity index (χ0) is 14.3. The summed E-state index contributed by atoms with van der Waals surface area (Å²) in [5, 5.41) is 4.82. The predicted octanol–water partition coefficient (Wildman–Crippen LogP) is 2.53. The molecule has 1 amide bonds. The number of hydrogen-bond acceptors (Lipinski definition) is 2. The number of rotatable bonds is 6. The first-order valence-corrected chi connectivity index (χ1v) is 6.64. The highest BCUT2D eigenvalue weighted by atomic mass is 19.4. The highest BCUT2D eigenvalue weighted by molar-refractivity contribution is 5.81. The molecule has 1 aliphatic carbocycles. The van der Waals surface area contributed by atoms with Gasteiger partial charge in [0.25, 0.3) is 0 Å². The van der Waals surface area contributed by atoms with Crippen LogP contribution < -0.4 is 10.6 Å². The molecule has 0 aromatic carbocycles. The summed E-state index contributed by atoms with van der Waals surface area (Å²) >= 11 is 0. The minimum absolute atomic E-state index is 0.605. The predicted molar refractivity (Wildman–Crippen MR) is 67.7 cm³/mol. The summed E-state index contributed by atoms with van der Waals surface area (Å²) in [4.78, 5) is 11.4. The molecule has 1 rings (SSSR count). The maximum absolute atomic E-state index is 11.9. The van der Waals surface area contributed by atoms with Gasteiger partial charge in [-0.15, -0.1) is 0 Å². The van der Waals surface area contributed by atoms with Gasteiger partial charge in [0.2, 0.25) is 5.91 Å². The van der Waals surface area contributed by atoms with Gasteiger partial charge in [-0.1, -0.05) is 11.6 Å². The van der Waals surface area contributed by atoms with E-state index in [-0.39, 0.29) is 0 Å². The number of halogens is 3. The van der Waals surface area contributed by atoms with E-state index in [1.165, 1.54) is 18.4 Å². The molecule has 0 saturated carbocycles. The quantitative estimate of drug-likeness (QED) is 0.733. The van der Waals surface area contributed by atoms with Crippen LogP contribution in [0.1, 0.15) is 39.0 Å². The third kappa shape index (κ3) is 7.20. The van der Waals surface area contributed by atoms with Crippen molar-refractivity contribution < 1.29 is 18.0 Å². The van der Waals surface area contributed by atoms with Crippen LogP contribution in [0.15, 0.2) is 11.6 Å². The lowest BCUT2D eigenvalue weighted by atomic mass is 9.97.